The molecule has 2 atom stereocenters. The molecule has 0 aromatic rings. The molecule has 0 saturated carbocycles. The Morgan fingerprint density at radius 1 is 1.45 bits per heavy atom. The van der Waals surface area contributed by atoms with Crippen molar-refractivity contribution in [3.8, 4) is 0 Å². The van der Waals surface area contributed by atoms with Crippen LogP contribution in [0.5, 0.6) is 0 Å². The van der Waals surface area contributed by atoms with Crippen LogP contribution in [0.3, 0.4) is 0 Å². The zero-order valence-electron chi connectivity index (χ0n) is 6.79. The Labute approximate surface area is 65.7 Å². The first-order valence-corrected chi connectivity index (χ1v) is 3.94. The van der Waals surface area contributed by atoms with E-state index in [-0.39, 0.29) is 23.8 Å². The van der Waals surface area contributed by atoms with Crippen molar-refractivity contribution in [2.45, 2.75) is 44.5 Å². The van der Waals surface area contributed by atoms with Gasteiger partial charge in [-0.3, -0.25) is 4.79 Å². The molecular weight excluding hydrogens is 144 g/mol. The van der Waals surface area contributed by atoms with Crippen LogP contribution >= 0.6 is 0 Å². The molecule has 2 heterocycles. The van der Waals surface area contributed by atoms with Gasteiger partial charge in [-0.15, -0.1) is 0 Å². The number of carbonyl (C=O) groups excluding carboxylic acids is 1. The Hall–Kier alpha value is -0.570. The van der Waals surface area contributed by atoms with Crippen LogP contribution in [0.4, 0.5) is 0 Å². The number of ether oxygens (including phenoxy) is 2. The van der Waals surface area contributed by atoms with Gasteiger partial charge in [0, 0.05) is 6.42 Å². The largest absolute Gasteiger partial charge is 0.459 e. The van der Waals surface area contributed by atoms with E-state index in [1.807, 2.05) is 13.8 Å². The van der Waals surface area contributed by atoms with Crippen LogP contribution in [-0.4, -0.2) is 23.8 Å². The zero-order chi connectivity index (χ0) is 8.06. The fraction of sp³-hybridized carbons (Fsp3) is 0.875. The van der Waals surface area contributed by atoms with Crippen molar-refractivity contribution in [2.75, 3.05) is 0 Å². The molecule has 0 bridgehead atoms. The molecular formula is C8H12O3. The molecule has 0 unspecified atom stereocenters. The van der Waals surface area contributed by atoms with Crippen molar-refractivity contribution >= 4 is 5.97 Å². The van der Waals surface area contributed by atoms with E-state index in [4.69, 9.17) is 9.47 Å². The molecule has 2 rings (SSSR count). The summed E-state index contributed by atoms with van der Waals surface area (Å²) in [6, 6.07) is 0. The minimum absolute atomic E-state index is 0.0255. The SMILES string of the molecule is CC1(C)C[C@H]2OC(=O)C[C@H]2O1. The van der Waals surface area contributed by atoms with E-state index >= 15 is 0 Å². The standard InChI is InChI=1S/C8H12O3/c1-8(2)4-6-5(11-8)3-7(9)10-6/h5-6H,3-4H2,1-2H3/t5-,6-/m1/s1. The summed E-state index contributed by atoms with van der Waals surface area (Å²) in [4.78, 5) is 10.8. The first-order chi connectivity index (χ1) is 5.07. The molecule has 2 saturated heterocycles. The maximum Gasteiger partial charge on any atom is 0.308 e. The zero-order valence-corrected chi connectivity index (χ0v) is 6.79. The lowest BCUT2D eigenvalue weighted by atomic mass is 10.0. The van der Waals surface area contributed by atoms with E-state index in [2.05, 4.69) is 0 Å². The van der Waals surface area contributed by atoms with Gasteiger partial charge in [0.25, 0.3) is 0 Å². The van der Waals surface area contributed by atoms with Gasteiger partial charge in [-0.1, -0.05) is 0 Å². The van der Waals surface area contributed by atoms with Crippen molar-refractivity contribution in [3.05, 3.63) is 0 Å². The lowest BCUT2D eigenvalue weighted by Crippen LogP contribution is -2.20. The number of rotatable bonds is 0. The van der Waals surface area contributed by atoms with Crippen LogP contribution in [0.25, 0.3) is 0 Å². The van der Waals surface area contributed by atoms with Crippen LogP contribution < -0.4 is 0 Å². The average molecular weight is 156 g/mol. The van der Waals surface area contributed by atoms with Crippen molar-refractivity contribution in [2.24, 2.45) is 0 Å². The molecule has 0 spiro atoms. The van der Waals surface area contributed by atoms with E-state index < -0.39 is 0 Å². The highest BCUT2D eigenvalue weighted by atomic mass is 16.6. The third-order valence-corrected chi connectivity index (χ3v) is 2.23. The highest BCUT2D eigenvalue weighted by Gasteiger charge is 2.47. The Morgan fingerprint density at radius 2 is 2.18 bits per heavy atom. The Kier molecular flexibility index (Phi) is 1.27. The smallest absolute Gasteiger partial charge is 0.308 e. The minimum atomic E-state index is -0.115. The second kappa shape index (κ2) is 1.97. The van der Waals surface area contributed by atoms with E-state index in [1.54, 1.807) is 0 Å². The summed E-state index contributed by atoms with van der Waals surface area (Å²) in [5, 5.41) is 0. The first kappa shape index (κ1) is 7.10. The number of hydrogen-bond donors (Lipinski definition) is 0. The van der Waals surface area contributed by atoms with E-state index in [9.17, 15) is 4.79 Å². The topological polar surface area (TPSA) is 35.5 Å². The normalized spacial score (nSPS) is 40.4. The lowest BCUT2D eigenvalue weighted by molar-refractivity contribution is -0.141. The van der Waals surface area contributed by atoms with Crippen molar-refractivity contribution in [1.29, 1.82) is 0 Å². The Morgan fingerprint density at radius 3 is 2.82 bits per heavy atom. The van der Waals surface area contributed by atoms with Crippen LogP contribution in [0.15, 0.2) is 0 Å². The maximum atomic E-state index is 10.8. The summed E-state index contributed by atoms with van der Waals surface area (Å²) in [7, 11) is 0. The molecule has 0 N–H and O–H groups in total. The molecule has 2 fully saturated rings. The van der Waals surface area contributed by atoms with Gasteiger partial charge in [0.2, 0.25) is 0 Å². The maximum absolute atomic E-state index is 10.8. The van der Waals surface area contributed by atoms with Crippen molar-refractivity contribution < 1.29 is 14.3 Å². The summed E-state index contributed by atoms with van der Waals surface area (Å²) in [5.74, 6) is -0.115. The Balaban J connectivity index is 2.09. The van der Waals surface area contributed by atoms with E-state index in [0.29, 0.717) is 6.42 Å². The van der Waals surface area contributed by atoms with Crippen LogP contribution in [0.2, 0.25) is 0 Å². The van der Waals surface area contributed by atoms with Crippen LogP contribution in [-0.2, 0) is 14.3 Å². The molecule has 2 aliphatic heterocycles. The lowest BCUT2D eigenvalue weighted by Gasteiger charge is -2.17. The molecule has 3 nitrogen and oxygen atoms in total. The molecule has 0 aliphatic carbocycles. The van der Waals surface area contributed by atoms with Gasteiger partial charge in [0.15, 0.2) is 0 Å². The monoisotopic (exact) mass is 156 g/mol. The minimum Gasteiger partial charge on any atom is -0.459 e. The number of carbonyl (C=O) groups is 1. The molecule has 3 heteroatoms. The van der Waals surface area contributed by atoms with Gasteiger partial charge in [0.05, 0.1) is 12.0 Å². The van der Waals surface area contributed by atoms with Crippen molar-refractivity contribution in [3.63, 3.8) is 0 Å². The number of esters is 1. The third kappa shape index (κ3) is 1.13. The van der Waals surface area contributed by atoms with Gasteiger partial charge in [-0.25, -0.2) is 0 Å². The van der Waals surface area contributed by atoms with Crippen molar-refractivity contribution in [1.82, 2.24) is 0 Å². The highest BCUT2D eigenvalue weighted by Crippen LogP contribution is 2.37. The van der Waals surface area contributed by atoms with Gasteiger partial charge in [-0.05, 0) is 13.8 Å². The molecule has 2 aliphatic rings. The molecule has 62 valence electrons. The molecule has 11 heavy (non-hydrogen) atoms. The number of hydrogen-bond acceptors (Lipinski definition) is 3. The van der Waals surface area contributed by atoms with E-state index in [1.165, 1.54) is 0 Å². The summed E-state index contributed by atoms with van der Waals surface area (Å²) in [5.41, 5.74) is -0.101. The third-order valence-electron chi connectivity index (χ3n) is 2.23. The quantitative estimate of drug-likeness (QED) is 0.488. The van der Waals surface area contributed by atoms with Gasteiger partial charge in [-0.2, -0.15) is 0 Å². The predicted molar refractivity (Wildman–Crippen MR) is 38.1 cm³/mol. The van der Waals surface area contributed by atoms with Gasteiger partial charge >= 0.3 is 5.97 Å². The Bertz CT molecular complexity index is 180. The first-order valence-electron chi connectivity index (χ1n) is 3.94. The summed E-state index contributed by atoms with van der Waals surface area (Å²) in [6.07, 6.45) is 1.33. The second-order valence-electron chi connectivity index (χ2n) is 3.85. The summed E-state index contributed by atoms with van der Waals surface area (Å²) < 4.78 is 10.7. The molecule has 0 amide bonds. The highest BCUT2D eigenvalue weighted by molar-refractivity contribution is 5.72. The molecule has 0 radical (unpaired) electrons. The fourth-order valence-electron chi connectivity index (χ4n) is 1.82. The predicted octanol–water partition coefficient (Wildman–Crippen LogP) is 0.869. The van der Waals surface area contributed by atoms with Gasteiger partial charge < -0.3 is 9.47 Å². The number of fused-ring (bicyclic) bond motifs is 1. The second-order valence-corrected chi connectivity index (χ2v) is 3.85. The van der Waals surface area contributed by atoms with Gasteiger partial charge in [0.1, 0.15) is 12.2 Å². The summed E-state index contributed by atoms with van der Waals surface area (Å²) >= 11 is 0. The van der Waals surface area contributed by atoms with Crippen LogP contribution in [0.1, 0.15) is 26.7 Å². The fourth-order valence-corrected chi connectivity index (χ4v) is 1.82. The van der Waals surface area contributed by atoms with Crippen LogP contribution in [0, 0.1) is 0 Å². The summed E-state index contributed by atoms with van der Waals surface area (Å²) in [6.45, 7) is 4.05. The van der Waals surface area contributed by atoms with E-state index in [0.717, 1.165) is 6.42 Å². The average Bonchev–Trinajstić information content (AvgIpc) is 2.17. The molecule has 0 aromatic carbocycles. The molecule has 0 aromatic heterocycles.